The molecular formula is C15H22N2O5S2. The van der Waals surface area contributed by atoms with Crippen molar-refractivity contribution >= 4 is 33.2 Å². The van der Waals surface area contributed by atoms with Crippen LogP contribution in [0.4, 0.5) is 0 Å². The van der Waals surface area contributed by atoms with Crippen molar-refractivity contribution in [3.8, 4) is 0 Å². The zero-order chi connectivity index (χ0) is 18.0. The predicted molar refractivity (Wildman–Crippen MR) is 90.0 cm³/mol. The number of hydrogen-bond donors (Lipinski definition) is 1. The van der Waals surface area contributed by atoms with E-state index in [1.54, 1.807) is 31.4 Å². The van der Waals surface area contributed by atoms with E-state index in [4.69, 9.17) is 0 Å². The summed E-state index contributed by atoms with van der Waals surface area (Å²) in [5.41, 5.74) is -1.11. The summed E-state index contributed by atoms with van der Waals surface area (Å²) < 4.78 is 31.3. The molecule has 2 heterocycles. The van der Waals surface area contributed by atoms with Crippen LogP contribution in [0.1, 0.15) is 26.7 Å². The molecule has 1 N–H and O–H groups in total. The van der Waals surface area contributed by atoms with Gasteiger partial charge in [-0.15, -0.1) is 11.3 Å². The fourth-order valence-corrected chi connectivity index (χ4v) is 5.23. The Bertz CT molecular complexity index is 689. The minimum Gasteiger partial charge on any atom is -0.467 e. The molecule has 1 aromatic rings. The largest absolute Gasteiger partial charge is 0.467 e. The predicted octanol–water partition coefficient (Wildman–Crippen LogP) is 1.22. The standard InChI is InChI=1S/C15H22N2O5S2/c1-15(2,14(19)22-3)16-13(18)11-6-8-17(9-7-11)24(20,21)12-5-4-10-23-12/h4-5,10-11H,6-9H2,1-3H3,(H,16,18). The second-order valence-electron chi connectivity index (χ2n) is 6.22. The summed E-state index contributed by atoms with van der Waals surface area (Å²) in [6, 6.07) is 3.28. The lowest BCUT2D eigenvalue weighted by molar-refractivity contribution is -0.150. The highest BCUT2D eigenvalue weighted by Gasteiger charge is 2.36. The Hall–Kier alpha value is -1.45. The number of esters is 1. The number of nitrogens with one attached hydrogen (secondary N) is 1. The van der Waals surface area contributed by atoms with E-state index in [1.807, 2.05) is 0 Å². The molecule has 1 amide bonds. The molecule has 9 heteroatoms. The van der Waals surface area contributed by atoms with Crippen LogP contribution < -0.4 is 5.32 Å². The number of nitrogens with zero attached hydrogens (tertiary/aromatic N) is 1. The smallest absolute Gasteiger partial charge is 0.330 e. The Balaban J connectivity index is 1.95. The fraction of sp³-hybridized carbons (Fsp3) is 0.600. The maximum Gasteiger partial charge on any atom is 0.330 e. The van der Waals surface area contributed by atoms with Gasteiger partial charge in [0.05, 0.1) is 7.11 Å². The SMILES string of the molecule is COC(=O)C(C)(C)NC(=O)C1CCN(S(=O)(=O)c2cccs2)CC1. The number of methoxy groups -OCH3 is 1. The van der Waals surface area contributed by atoms with Crippen molar-refractivity contribution in [1.29, 1.82) is 0 Å². The number of sulfonamides is 1. The van der Waals surface area contributed by atoms with Gasteiger partial charge in [0.2, 0.25) is 5.91 Å². The van der Waals surface area contributed by atoms with Crippen molar-refractivity contribution in [3.05, 3.63) is 17.5 Å². The molecule has 1 aliphatic rings. The van der Waals surface area contributed by atoms with Crippen LogP contribution >= 0.6 is 11.3 Å². The molecule has 1 aromatic heterocycles. The van der Waals surface area contributed by atoms with Crippen molar-refractivity contribution < 1.29 is 22.7 Å². The average molecular weight is 374 g/mol. The van der Waals surface area contributed by atoms with Crippen LogP contribution in [-0.4, -0.2) is 50.3 Å². The zero-order valence-electron chi connectivity index (χ0n) is 13.9. The highest BCUT2D eigenvalue weighted by molar-refractivity contribution is 7.91. The van der Waals surface area contributed by atoms with E-state index in [-0.39, 0.29) is 24.9 Å². The molecule has 0 spiro atoms. The van der Waals surface area contributed by atoms with E-state index in [0.29, 0.717) is 17.1 Å². The van der Waals surface area contributed by atoms with Crippen molar-refractivity contribution in [3.63, 3.8) is 0 Å². The Morgan fingerprint density at radius 1 is 1.33 bits per heavy atom. The summed E-state index contributed by atoms with van der Waals surface area (Å²) in [4.78, 5) is 24.0. The van der Waals surface area contributed by atoms with Gasteiger partial charge in [0.1, 0.15) is 9.75 Å². The number of rotatable bonds is 5. The molecular weight excluding hydrogens is 352 g/mol. The van der Waals surface area contributed by atoms with Gasteiger partial charge >= 0.3 is 5.97 Å². The van der Waals surface area contributed by atoms with Crippen molar-refractivity contribution in [2.75, 3.05) is 20.2 Å². The first-order valence-corrected chi connectivity index (χ1v) is 9.94. The van der Waals surface area contributed by atoms with Crippen LogP contribution in [0.25, 0.3) is 0 Å². The molecule has 0 unspecified atom stereocenters. The molecule has 134 valence electrons. The average Bonchev–Trinajstić information content (AvgIpc) is 3.09. The van der Waals surface area contributed by atoms with Gasteiger partial charge in [0.25, 0.3) is 10.0 Å². The molecule has 7 nitrogen and oxygen atoms in total. The molecule has 0 atom stereocenters. The first-order chi connectivity index (χ1) is 11.2. The highest BCUT2D eigenvalue weighted by atomic mass is 32.2. The third kappa shape index (κ3) is 3.96. The number of carbonyl (C=O) groups is 2. The Kier molecular flexibility index (Phi) is 5.67. The summed E-state index contributed by atoms with van der Waals surface area (Å²) in [5, 5.41) is 4.40. The maximum absolute atomic E-state index is 12.5. The van der Waals surface area contributed by atoms with Crippen LogP contribution in [0.3, 0.4) is 0 Å². The van der Waals surface area contributed by atoms with E-state index < -0.39 is 21.5 Å². The Morgan fingerprint density at radius 2 is 1.96 bits per heavy atom. The van der Waals surface area contributed by atoms with Crippen LogP contribution in [0.2, 0.25) is 0 Å². The summed E-state index contributed by atoms with van der Waals surface area (Å²) in [6.07, 6.45) is 0.849. The van der Waals surface area contributed by atoms with E-state index in [0.717, 1.165) is 0 Å². The zero-order valence-corrected chi connectivity index (χ0v) is 15.6. The summed E-state index contributed by atoms with van der Waals surface area (Å²) >= 11 is 1.18. The van der Waals surface area contributed by atoms with Gasteiger partial charge in [0.15, 0.2) is 0 Å². The van der Waals surface area contributed by atoms with Gasteiger partial charge < -0.3 is 10.1 Å². The molecule has 24 heavy (non-hydrogen) atoms. The first kappa shape index (κ1) is 18.9. The van der Waals surface area contributed by atoms with Crippen LogP contribution in [0.15, 0.2) is 21.7 Å². The van der Waals surface area contributed by atoms with Gasteiger partial charge in [0, 0.05) is 19.0 Å². The molecule has 0 bridgehead atoms. The van der Waals surface area contributed by atoms with Gasteiger partial charge in [-0.05, 0) is 38.1 Å². The normalized spacial score (nSPS) is 17.5. The maximum atomic E-state index is 12.5. The van der Waals surface area contributed by atoms with Gasteiger partial charge in [-0.25, -0.2) is 13.2 Å². The Morgan fingerprint density at radius 3 is 2.46 bits per heavy atom. The lowest BCUT2D eigenvalue weighted by Gasteiger charge is -2.32. The molecule has 1 fully saturated rings. The number of amides is 1. The lowest BCUT2D eigenvalue weighted by atomic mass is 9.95. The highest BCUT2D eigenvalue weighted by Crippen LogP contribution is 2.26. The minimum atomic E-state index is -3.47. The van der Waals surface area contributed by atoms with E-state index in [1.165, 1.54) is 22.8 Å². The molecule has 0 saturated carbocycles. The fourth-order valence-electron chi connectivity index (χ4n) is 2.61. The number of thiophene rings is 1. The summed E-state index contributed by atoms with van der Waals surface area (Å²) in [6.45, 7) is 3.73. The van der Waals surface area contributed by atoms with Gasteiger partial charge in [-0.3, -0.25) is 4.79 Å². The minimum absolute atomic E-state index is 0.251. The second-order valence-corrected chi connectivity index (χ2v) is 9.33. The molecule has 2 rings (SSSR count). The molecule has 0 aromatic carbocycles. The summed E-state index contributed by atoms with van der Waals surface area (Å²) in [5.74, 6) is -1.09. The van der Waals surface area contributed by atoms with Crippen LogP contribution in [0, 0.1) is 5.92 Å². The van der Waals surface area contributed by atoms with E-state index in [2.05, 4.69) is 10.1 Å². The lowest BCUT2D eigenvalue weighted by Crippen LogP contribution is -2.53. The van der Waals surface area contributed by atoms with Crippen molar-refractivity contribution in [1.82, 2.24) is 9.62 Å². The van der Waals surface area contributed by atoms with Crippen LogP contribution in [0.5, 0.6) is 0 Å². The Labute approximate surface area is 146 Å². The second kappa shape index (κ2) is 7.20. The summed E-state index contributed by atoms with van der Waals surface area (Å²) in [7, 11) is -2.21. The van der Waals surface area contributed by atoms with Crippen molar-refractivity contribution in [2.24, 2.45) is 5.92 Å². The number of carbonyl (C=O) groups excluding carboxylic acids is 2. The molecule has 1 aliphatic heterocycles. The monoisotopic (exact) mass is 374 g/mol. The first-order valence-electron chi connectivity index (χ1n) is 7.62. The molecule has 0 radical (unpaired) electrons. The van der Waals surface area contributed by atoms with E-state index >= 15 is 0 Å². The number of hydrogen-bond acceptors (Lipinski definition) is 6. The number of piperidine rings is 1. The van der Waals surface area contributed by atoms with Gasteiger partial charge in [-0.1, -0.05) is 6.07 Å². The quantitative estimate of drug-likeness (QED) is 0.782. The van der Waals surface area contributed by atoms with E-state index in [9.17, 15) is 18.0 Å². The molecule has 0 aliphatic carbocycles. The third-order valence-corrected chi connectivity index (χ3v) is 7.32. The molecule has 1 saturated heterocycles. The number of ether oxygens (including phenoxy) is 1. The van der Waals surface area contributed by atoms with Gasteiger partial charge in [-0.2, -0.15) is 4.31 Å². The van der Waals surface area contributed by atoms with Crippen LogP contribution in [-0.2, 0) is 24.3 Å². The third-order valence-electron chi connectivity index (χ3n) is 4.05. The topological polar surface area (TPSA) is 92.8 Å². The van der Waals surface area contributed by atoms with Crippen molar-refractivity contribution in [2.45, 2.75) is 36.4 Å².